The third-order valence-corrected chi connectivity index (χ3v) is 4.82. The van der Waals surface area contributed by atoms with E-state index in [1.165, 1.54) is 26.2 Å². The number of fused-ring (bicyclic) bond motifs is 3. The zero-order valence-electron chi connectivity index (χ0n) is 11.0. The standard InChI is InChI=1S/C18H14IN/c19-13-10-11-18-16(12-13)15-8-4-5-9-17(15)20(18)14-6-2-1-3-7-14/h1-11,16H,12H2. The normalized spacial score (nSPS) is 20.1. The Labute approximate surface area is 132 Å². The van der Waals surface area contributed by atoms with Crippen LogP contribution >= 0.6 is 22.6 Å². The summed E-state index contributed by atoms with van der Waals surface area (Å²) in [7, 11) is 0. The predicted octanol–water partition coefficient (Wildman–Crippen LogP) is 5.53. The van der Waals surface area contributed by atoms with Crippen molar-refractivity contribution < 1.29 is 0 Å². The Morgan fingerprint density at radius 1 is 0.900 bits per heavy atom. The fourth-order valence-electron chi connectivity index (χ4n) is 3.15. The summed E-state index contributed by atoms with van der Waals surface area (Å²) >= 11 is 2.45. The van der Waals surface area contributed by atoms with Crippen LogP contribution in [0.3, 0.4) is 0 Å². The van der Waals surface area contributed by atoms with E-state index in [4.69, 9.17) is 0 Å². The van der Waals surface area contributed by atoms with E-state index in [1.54, 1.807) is 0 Å². The second-order valence-corrected chi connectivity index (χ2v) is 6.58. The first-order chi connectivity index (χ1) is 9.84. The molecule has 1 aliphatic carbocycles. The second-order valence-electron chi connectivity index (χ2n) is 5.19. The fourth-order valence-corrected chi connectivity index (χ4v) is 3.77. The Bertz CT molecular complexity index is 715. The molecule has 1 unspecified atom stereocenters. The average Bonchev–Trinajstić information content (AvgIpc) is 2.82. The topological polar surface area (TPSA) is 3.24 Å². The molecule has 1 atom stereocenters. The van der Waals surface area contributed by atoms with E-state index >= 15 is 0 Å². The maximum Gasteiger partial charge on any atom is 0.0497 e. The van der Waals surface area contributed by atoms with Crippen LogP contribution in [0.15, 0.2) is 76.0 Å². The number of para-hydroxylation sites is 2. The number of benzene rings is 2. The van der Waals surface area contributed by atoms with Gasteiger partial charge in [0.05, 0.1) is 0 Å². The number of rotatable bonds is 1. The zero-order chi connectivity index (χ0) is 13.5. The third-order valence-electron chi connectivity index (χ3n) is 4.02. The Balaban J connectivity index is 1.93. The Morgan fingerprint density at radius 2 is 1.65 bits per heavy atom. The van der Waals surface area contributed by atoms with Crippen molar-refractivity contribution >= 4 is 34.0 Å². The highest BCUT2D eigenvalue weighted by Gasteiger charge is 2.35. The van der Waals surface area contributed by atoms with Gasteiger partial charge in [-0.25, -0.2) is 0 Å². The molecular weight excluding hydrogens is 357 g/mol. The number of hydrogen-bond acceptors (Lipinski definition) is 1. The summed E-state index contributed by atoms with van der Waals surface area (Å²) < 4.78 is 1.43. The van der Waals surface area contributed by atoms with Crippen LogP contribution in [0.1, 0.15) is 17.9 Å². The number of anilines is 2. The molecule has 2 heteroatoms. The molecule has 1 heterocycles. The lowest BCUT2D eigenvalue weighted by Crippen LogP contribution is -2.14. The van der Waals surface area contributed by atoms with Gasteiger partial charge in [0.25, 0.3) is 0 Å². The summed E-state index contributed by atoms with van der Waals surface area (Å²) in [5, 5.41) is 0. The number of nitrogens with zero attached hydrogens (tertiary/aromatic N) is 1. The lowest BCUT2D eigenvalue weighted by Gasteiger charge is -2.25. The van der Waals surface area contributed by atoms with Crippen LogP contribution in [-0.2, 0) is 0 Å². The van der Waals surface area contributed by atoms with Gasteiger partial charge in [0.15, 0.2) is 0 Å². The van der Waals surface area contributed by atoms with Gasteiger partial charge in [-0.1, -0.05) is 42.5 Å². The van der Waals surface area contributed by atoms with Crippen molar-refractivity contribution in [1.82, 2.24) is 0 Å². The summed E-state index contributed by atoms with van der Waals surface area (Å²) in [6.07, 6.45) is 5.64. The molecule has 0 radical (unpaired) electrons. The van der Waals surface area contributed by atoms with Gasteiger partial charge in [0.1, 0.15) is 0 Å². The van der Waals surface area contributed by atoms with Crippen LogP contribution in [0.5, 0.6) is 0 Å². The average molecular weight is 371 g/mol. The first kappa shape index (κ1) is 12.2. The minimum atomic E-state index is 0.503. The summed E-state index contributed by atoms with van der Waals surface area (Å²) in [5.74, 6) is 0.503. The lowest BCUT2D eigenvalue weighted by molar-refractivity contribution is 0.816. The lowest BCUT2D eigenvalue weighted by atomic mass is 9.92. The van der Waals surface area contributed by atoms with Gasteiger partial charge >= 0.3 is 0 Å². The van der Waals surface area contributed by atoms with Crippen molar-refractivity contribution in [3.63, 3.8) is 0 Å². The molecule has 0 fully saturated rings. The maximum absolute atomic E-state index is 2.45. The van der Waals surface area contributed by atoms with Crippen molar-refractivity contribution in [3.05, 3.63) is 81.6 Å². The first-order valence-corrected chi connectivity index (χ1v) is 7.93. The first-order valence-electron chi connectivity index (χ1n) is 6.85. The van der Waals surface area contributed by atoms with Crippen LogP contribution in [0.2, 0.25) is 0 Å². The van der Waals surface area contributed by atoms with Crippen LogP contribution in [-0.4, -0.2) is 0 Å². The van der Waals surface area contributed by atoms with Crippen molar-refractivity contribution in [2.75, 3.05) is 4.90 Å². The van der Waals surface area contributed by atoms with Crippen molar-refractivity contribution in [1.29, 1.82) is 0 Å². The Morgan fingerprint density at radius 3 is 2.50 bits per heavy atom. The van der Waals surface area contributed by atoms with Crippen molar-refractivity contribution in [3.8, 4) is 0 Å². The molecule has 20 heavy (non-hydrogen) atoms. The van der Waals surface area contributed by atoms with Crippen LogP contribution in [0.25, 0.3) is 0 Å². The Kier molecular flexibility index (Phi) is 2.91. The highest BCUT2D eigenvalue weighted by molar-refractivity contribution is 14.1. The smallest absolute Gasteiger partial charge is 0.0497 e. The molecular formula is C18H14IN. The van der Waals surface area contributed by atoms with Crippen molar-refractivity contribution in [2.24, 2.45) is 0 Å². The quantitative estimate of drug-likeness (QED) is 0.596. The molecule has 0 aromatic heterocycles. The van der Waals surface area contributed by atoms with E-state index in [0.717, 1.165) is 6.42 Å². The van der Waals surface area contributed by atoms with Gasteiger partial charge in [-0.15, -0.1) is 0 Å². The van der Waals surface area contributed by atoms with Crippen molar-refractivity contribution in [2.45, 2.75) is 12.3 Å². The predicted molar refractivity (Wildman–Crippen MR) is 92.6 cm³/mol. The highest BCUT2D eigenvalue weighted by Crippen LogP contribution is 2.51. The van der Waals surface area contributed by atoms with E-state index in [-0.39, 0.29) is 0 Å². The molecule has 2 aromatic carbocycles. The molecule has 4 rings (SSSR count). The molecule has 0 saturated carbocycles. The molecule has 0 saturated heterocycles. The number of hydrogen-bond donors (Lipinski definition) is 0. The van der Waals surface area contributed by atoms with E-state index < -0.39 is 0 Å². The molecule has 0 amide bonds. The third kappa shape index (κ3) is 1.82. The SMILES string of the molecule is IC1=CC=C2C(C1)c1ccccc1N2c1ccccc1. The van der Waals surface area contributed by atoms with Gasteiger partial charge in [0.2, 0.25) is 0 Å². The van der Waals surface area contributed by atoms with E-state index in [2.05, 4.69) is 94.2 Å². The van der Waals surface area contributed by atoms with E-state index in [9.17, 15) is 0 Å². The highest BCUT2D eigenvalue weighted by atomic mass is 127. The maximum atomic E-state index is 2.45. The van der Waals surface area contributed by atoms with E-state index in [1.807, 2.05) is 0 Å². The summed E-state index contributed by atoms with van der Waals surface area (Å²) in [6, 6.07) is 19.4. The Hall–Kier alpha value is -1.55. The molecule has 1 nitrogen and oxygen atoms in total. The summed E-state index contributed by atoms with van der Waals surface area (Å²) in [5.41, 5.74) is 5.43. The van der Waals surface area contributed by atoms with Gasteiger partial charge in [0, 0.05) is 23.0 Å². The van der Waals surface area contributed by atoms with Crippen LogP contribution in [0, 0.1) is 0 Å². The summed E-state index contributed by atoms with van der Waals surface area (Å²) in [4.78, 5) is 2.40. The molecule has 98 valence electrons. The number of halogens is 1. The van der Waals surface area contributed by atoms with Gasteiger partial charge in [-0.2, -0.15) is 0 Å². The molecule has 0 spiro atoms. The van der Waals surface area contributed by atoms with Gasteiger partial charge < -0.3 is 4.90 Å². The zero-order valence-corrected chi connectivity index (χ0v) is 13.1. The largest absolute Gasteiger partial charge is 0.313 e. The molecule has 0 N–H and O–H groups in total. The van der Waals surface area contributed by atoms with Gasteiger partial charge in [-0.3, -0.25) is 0 Å². The minimum absolute atomic E-state index is 0.503. The van der Waals surface area contributed by atoms with Crippen LogP contribution < -0.4 is 4.90 Å². The van der Waals surface area contributed by atoms with Crippen LogP contribution in [0.4, 0.5) is 11.4 Å². The van der Waals surface area contributed by atoms with Gasteiger partial charge in [-0.05, 0) is 62.4 Å². The molecule has 2 aliphatic rings. The minimum Gasteiger partial charge on any atom is -0.313 e. The molecule has 1 aliphatic heterocycles. The molecule has 0 bridgehead atoms. The monoisotopic (exact) mass is 371 g/mol. The van der Waals surface area contributed by atoms with E-state index in [0.29, 0.717) is 5.92 Å². The number of allylic oxidation sites excluding steroid dienone is 4. The summed E-state index contributed by atoms with van der Waals surface area (Å²) in [6.45, 7) is 0. The fraction of sp³-hybridized carbons (Fsp3) is 0.111. The molecule has 2 aromatic rings. The second kappa shape index (κ2) is 4.77.